The minimum atomic E-state index is -1.12. The van der Waals surface area contributed by atoms with Crippen molar-refractivity contribution in [2.75, 3.05) is 19.8 Å². The number of epoxide rings is 2. The molecule has 0 bridgehead atoms. The predicted octanol–water partition coefficient (Wildman–Crippen LogP) is 9.06. The van der Waals surface area contributed by atoms with E-state index in [1.54, 1.807) is 0 Å². The number of hydrogen-bond acceptors (Lipinski definition) is 7. The highest BCUT2D eigenvalue weighted by Gasteiger charge is 2.33. The van der Waals surface area contributed by atoms with Gasteiger partial charge in [0.1, 0.15) is 36.1 Å². The second kappa shape index (κ2) is 14.6. The van der Waals surface area contributed by atoms with Crippen molar-refractivity contribution in [2.45, 2.75) is 109 Å². The largest absolute Gasteiger partial charge is 0.488 e. The Labute approximate surface area is 303 Å². The Morgan fingerprint density at radius 3 is 1.51 bits per heavy atom. The Morgan fingerprint density at radius 1 is 0.627 bits per heavy atom. The van der Waals surface area contributed by atoms with E-state index in [1.807, 2.05) is 36.4 Å². The SMILES string of the molecule is CCC(C)(OCC(O)Oc1ccc(C(C)(C)c2ccc(OC(C)(C)CC3CO3)cc2)cc1)c1ccc(C(C)(C)c2ccc(OC3CO3)cc2)cc1. The summed E-state index contributed by atoms with van der Waals surface area (Å²) in [4.78, 5) is 0. The molecule has 2 aliphatic heterocycles. The zero-order valence-electron chi connectivity index (χ0n) is 31.4. The van der Waals surface area contributed by atoms with Crippen LogP contribution >= 0.6 is 0 Å². The van der Waals surface area contributed by atoms with Gasteiger partial charge in [0.15, 0.2) is 0 Å². The van der Waals surface area contributed by atoms with Crippen molar-refractivity contribution in [3.05, 3.63) is 125 Å². The normalized spacial score (nSPS) is 19.2. The summed E-state index contributed by atoms with van der Waals surface area (Å²) in [6.07, 6.45) is 0.709. The molecule has 4 aromatic carbocycles. The van der Waals surface area contributed by atoms with Crippen LogP contribution in [0.3, 0.4) is 0 Å². The smallest absolute Gasteiger partial charge is 0.223 e. The van der Waals surface area contributed by atoms with Crippen LogP contribution in [0.25, 0.3) is 0 Å². The third-order valence-electron chi connectivity index (χ3n) is 10.5. The standard InChI is InChI=1S/C44H54O7/c1-9-44(8,34-12-10-30(11-13-34)42(4,5)32-16-22-36(23-17-32)50-40-29-47-40)48-28-39(45)49-35-20-14-31(15-21-35)43(6,7)33-18-24-37(25-19-33)51-41(2,3)26-38-27-46-38/h10-25,38-40,45H,9,26-29H2,1-8H3. The molecule has 0 spiro atoms. The first-order chi connectivity index (χ1) is 24.2. The summed E-state index contributed by atoms with van der Waals surface area (Å²) < 4.78 is 34.8. The molecule has 4 unspecified atom stereocenters. The topological polar surface area (TPSA) is 82.2 Å². The predicted molar refractivity (Wildman–Crippen MR) is 200 cm³/mol. The second-order valence-corrected chi connectivity index (χ2v) is 15.8. The van der Waals surface area contributed by atoms with Crippen molar-refractivity contribution in [2.24, 2.45) is 0 Å². The molecular formula is C44H54O7. The Hall–Kier alpha value is -3.88. The third-order valence-corrected chi connectivity index (χ3v) is 10.5. The summed E-state index contributed by atoms with van der Waals surface area (Å²) in [5.74, 6) is 2.26. The van der Waals surface area contributed by atoms with E-state index in [0.717, 1.165) is 42.1 Å². The molecule has 51 heavy (non-hydrogen) atoms. The van der Waals surface area contributed by atoms with Gasteiger partial charge in [0.2, 0.25) is 12.6 Å². The maximum absolute atomic E-state index is 10.8. The molecule has 7 nitrogen and oxygen atoms in total. The van der Waals surface area contributed by atoms with Crippen molar-refractivity contribution in [3.63, 3.8) is 0 Å². The van der Waals surface area contributed by atoms with E-state index < -0.39 is 11.9 Å². The van der Waals surface area contributed by atoms with Gasteiger partial charge in [-0.25, -0.2) is 0 Å². The lowest BCUT2D eigenvalue weighted by atomic mass is 9.77. The highest BCUT2D eigenvalue weighted by atomic mass is 16.8. The van der Waals surface area contributed by atoms with Crippen molar-refractivity contribution < 1.29 is 33.5 Å². The highest BCUT2D eigenvalue weighted by molar-refractivity contribution is 5.43. The number of hydrogen-bond donors (Lipinski definition) is 1. The summed E-state index contributed by atoms with van der Waals surface area (Å²) in [7, 11) is 0. The minimum absolute atomic E-state index is 0.0318. The molecule has 2 saturated heterocycles. The average molecular weight is 695 g/mol. The van der Waals surface area contributed by atoms with Gasteiger partial charge in [-0.2, -0.15) is 0 Å². The van der Waals surface area contributed by atoms with E-state index in [0.29, 0.717) is 18.5 Å². The lowest BCUT2D eigenvalue weighted by Crippen LogP contribution is -2.32. The monoisotopic (exact) mass is 694 g/mol. The van der Waals surface area contributed by atoms with Gasteiger partial charge in [-0.15, -0.1) is 0 Å². The minimum Gasteiger partial charge on any atom is -0.488 e. The summed E-state index contributed by atoms with van der Waals surface area (Å²) in [6, 6.07) is 33.1. The first kappa shape index (κ1) is 36.9. The first-order valence-electron chi connectivity index (χ1n) is 18.2. The number of rotatable bonds is 17. The van der Waals surface area contributed by atoms with Crippen molar-refractivity contribution in [3.8, 4) is 17.2 Å². The van der Waals surface area contributed by atoms with Crippen molar-refractivity contribution >= 4 is 0 Å². The van der Waals surface area contributed by atoms with E-state index in [-0.39, 0.29) is 29.3 Å². The number of aliphatic hydroxyl groups excluding tert-OH is 1. The number of aliphatic hydroxyl groups is 1. The maximum Gasteiger partial charge on any atom is 0.223 e. The van der Waals surface area contributed by atoms with Gasteiger partial charge in [-0.1, -0.05) is 95.3 Å². The first-order valence-corrected chi connectivity index (χ1v) is 18.2. The molecule has 0 aromatic heterocycles. The molecule has 0 radical (unpaired) electrons. The van der Waals surface area contributed by atoms with Gasteiger partial charge in [0.25, 0.3) is 0 Å². The Morgan fingerprint density at radius 2 is 1.06 bits per heavy atom. The van der Waals surface area contributed by atoms with Crippen LogP contribution in [0.4, 0.5) is 0 Å². The maximum atomic E-state index is 10.8. The molecule has 2 fully saturated rings. The summed E-state index contributed by atoms with van der Waals surface area (Å²) in [5, 5.41) is 10.8. The fourth-order valence-electron chi connectivity index (χ4n) is 6.60. The van der Waals surface area contributed by atoms with Crippen LogP contribution < -0.4 is 14.2 Å². The van der Waals surface area contributed by atoms with E-state index >= 15 is 0 Å². The zero-order chi connectivity index (χ0) is 36.4. The van der Waals surface area contributed by atoms with E-state index in [2.05, 4.69) is 116 Å². The highest BCUT2D eigenvalue weighted by Crippen LogP contribution is 2.37. The molecule has 7 heteroatoms. The molecule has 0 amide bonds. The van der Waals surface area contributed by atoms with Crippen LogP contribution in [0.5, 0.6) is 17.2 Å². The molecule has 2 heterocycles. The lowest BCUT2D eigenvalue weighted by Gasteiger charge is -2.32. The quantitative estimate of drug-likeness (QED) is 0.0873. The van der Waals surface area contributed by atoms with Crippen molar-refractivity contribution in [1.29, 1.82) is 0 Å². The molecule has 0 aliphatic carbocycles. The second-order valence-electron chi connectivity index (χ2n) is 15.8. The van der Waals surface area contributed by atoms with Crippen LogP contribution in [0.1, 0.15) is 96.0 Å². The van der Waals surface area contributed by atoms with Crippen molar-refractivity contribution in [1.82, 2.24) is 0 Å². The van der Waals surface area contributed by atoms with Crippen LogP contribution in [-0.4, -0.2) is 49.2 Å². The molecular weight excluding hydrogens is 640 g/mol. The Bertz CT molecular complexity index is 1720. The van der Waals surface area contributed by atoms with Crippen LogP contribution in [0, 0.1) is 0 Å². The van der Waals surface area contributed by atoms with Gasteiger partial charge in [-0.3, -0.25) is 0 Å². The average Bonchev–Trinajstić information content (AvgIpc) is 4.06. The van der Waals surface area contributed by atoms with Gasteiger partial charge >= 0.3 is 0 Å². The number of benzene rings is 4. The van der Waals surface area contributed by atoms with Crippen LogP contribution in [0.15, 0.2) is 97.1 Å². The van der Waals surface area contributed by atoms with Gasteiger partial charge in [0.05, 0.1) is 18.3 Å². The third kappa shape index (κ3) is 9.14. The van der Waals surface area contributed by atoms with E-state index in [9.17, 15) is 5.11 Å². The molecule has 0 saturated carbocycles. The molecule has 2 aliphatic rings. The number of ether oxygens (including phenoxy) is 6. The molecule has 4 aromatic rings. The van der Waals surface area contributed by atoms with Gasteiger partial charge in [-0.05, 0) is 91.4 Å². The molecule has 4 atom stereocenters. The van der Waals surface area contributed by atoms with Crippen LogP contribution in [0.2, 0.25) is 0 Å². The summed E-state index contributed by atoms with van der Waals surface area (Å²) in [5.41, 5.74) is 4.45. The summed E-state index contributed by atoms with van der Waals surface area (Å²) >= 11 is 0. The van der Waals surface area contributed by atoms with Gasteiger partial charge in [0, 0.05) is 17.3 Å². The van der Waals surface area contributed by atoms with E-state index in [1.165, 1.54) is 16.7 Å². The fraction of sp³-hybridized carbons (Fsp3) is 0.455. The van der Waals surface area contributed by atoms with Crippen LogP contribution in [-0.2, 0) is 30.6 Å². The summed E-state index contributed by atoms with van der Waals surface area (Å²) in [6.45, 7) is 18.7. The zero-order valence-corrected chi connectivity index (χ0v) is 31.4. The fourth-order valence-corrected chi connectivity index (χ4v) is 6.60. The molecule has 272 valence electrons. The molecule has 6 rings (SSSR count). The van der Waals surface area contributed by atoms with E-state index in [4.69, 9.17) is 28.4 Å². The lowest BCUT2D eigenvalue weighted by molar-refractivity contribution is -0.132. The van der Waals surface area contributed by atoms with Gasteiger partial charge < -0.3 is 33.5 Å². The molecule has 1 N–H and O–H groups in total. The Kier molecular flexibility index (Phi) is 10.6. The Balaban J connectivity index is 1.02.